The van der Waals surface area contributed by atoms with Gasteiger partial charge in [0.05, 0.1) is 5.69 Å². The molecule has 7 heteroatoms. The molecule has 0 unspecified atom stereocenters. The summed E-state index contributed by atoms with van der Waals surface area (Å²) in [4.78, 5) is 12.1. The number of hydrogen-bond acceptors (Lipinski definition) is 3. The quantitative estimate of drug-likeness (QED) is 0.847. The molecule has 0 aliphatic heterocycles. The average Bonchev–Trinajstić information content (AvgIpc) is 2.23. The molecule has 86 valence electrons. The van der Waals surface area contributed by atoms with Gasteiger partial charge in [0.2, 0.25) is 0 Å². The molecule has 0 bridgehead atoms. The van der Waals surface area contributed by atoms with Gasteiger partial charge in [0.15, 0.2) is 10.3 Å². The maximum atomic E-state index is 11.0. The third kappa shape index (κ3) is 3.08. The molecular weight excluding hydrogens is 253 g/mol. The highest BCUT2D eigenvalue weighted by Gasteiger charge is 2.18. The summed E-state index contributed by atoms with van der Waals surface area (Å²) in [6.07, 6.45) is 0.982. The summed E-state index contributed by atoms with van der Waals surface area (Å²) in [6, 6.07) is 1.36. The molecule has 0 saturated heterocycles. The van der Waals surface area contributed by atoms with Crippen molar-refractivity contribution >= 4 is 35.0 Å². The van der Waals surface area contributed by atoms with Gasteiger partial charge in [0.1, 0.15) is 0 Å². The SMILES string of the molecule is C=CCCN(C(=O)O)c1cc(Cl)nnc1Cl. The zero-order valence-corrected chi connectivity index (χ0v) is 9.74. The van der Waals surface area contributed by atoms with Crippen LogP contribution in [0.25, 0.3) is 0 Å². The van der Waals surface area contributed by atoms with Crippen LogP contribution in [0.3, 0.4) is 0 Å². The van der Waals surface area contributed by atoms with Gasteiger partial charge in [-0.2, -0.15) is 0 Å². The van der Waals surface area contributed by atoms with E-state index in [2.05, 4.69) is 16.8 Å². The lowest BCUT2D eigenvalue weighted by molar-refractivity contribution is 0.202. The van der Waals surface area contributed by atoms with E-state index in [1.807, 2.05) is 0 Å². The zero-order valence-electron chi connectivity index (χ0n) is 8.23. The molecule has 1 amide bonds. The molecule has 1 heterocycles. The molecule has 0 atom stereocenters. The summed E-state index contributed by atoms with van der Waals surface area (Å²) in [6.45, 7) is 3.76. The van der Waals surface area contributed by atoms with Crippen molar-refractivity contribution in [1.82, 2.24) is 10.2 Å². The topological polar surface area (TPSA) is 66.3 Å². The van der Waals surface area contributed by atoms with Crippen molar-refractivity contribution < 1.29 is 9.90 Å². The first kappa shape index (κ1) is 12.7. The van der Waals surface area contributed by atoms with Gasteiger partial charge in [-0.3, -0.25) is 4.90 Å². The zero-order chi connectivity index (χ0) is 12.1. The van der Waals surface area contributed by atoms with E-state index in [0.717, 1.165) is 4.90 Å². The van der Waals surface area contributed by atoms with E-state index >= 15 is 0 Å². The number of aromatic nitrogens is 2. The molecular formula is C9H9Cl2N3O2. The largest absolute Gasteiger partial charge is 0.465 e. The molecule has 1 N–H and O–H groups in total. The maximum Gasteiger partial charge on any atom is 0.411 e. The number of halogens is 2. The Bertz CT molecular complexity index is 412. The number of hydrogen-bond donors (Lipinski definition) is 1. The van der Waals surface area contributed by atoms with E-state index in [1.54, 1.807) is 6.08 Å². The van der Waals surface area contributed by atoms with Crippen LogP contribution in [0.4, 0.5) is 10.5 Å². The molecule has 1 aromatic rings. The van der Waals surface area contributed by atoms with Crippen molar-refractivity contribution in [3.8, 4) is 0 Å². The van der Waals surface area contributed by atoms with E-state index in [-0.39, 0.29) is 22.5 Å². The Kier molecular flexibility index (Phi) is 4.52. The van der Waals surface area contributed by atoms with Gasteiger partial charge in [-0.15, -0.1) is 16.8 Å². The fourth-order valence-corrected chi connectivity index (χ4v) is 1.41. The predicted molar refractivity (Wildman–Crippen MR) is 62.2 cm³/mol. The molecule has 0 aliphatic rings. The average molecular weight is 262 g/mol. The van der Waals surface area contributed by atoms with Crippen LogP contribution in [0.15, 0.2) is 18.7 Å². The van der Waals surface area contributed by atoms with Gasteiger partial charge in [-0.05, 0) is 6.42 Å². The number of rotatable bonds is 4. The molecule has 0 saturated carbocycles. The highest BCUT2D eigenvalue weighted by Crippen LogP contribution is 2.25. The highest BCUT2D eigenvalue weighted by molar-refractivity contribution is 6.33. The molecule has 0 aromatic carbocycles. The number of anilines is 1. The molecule has 5 nitrogen and oxygen atoms in total. The first-order chi connectivity index (χ1) is 7.56. The van der Waals surface area contributed by atoms with Crippen LogP contribution < -0.4 is 4.90 Å². The van der Waals surface area contributed by atoms with Crippen molar-refractivity contribution in [2.75, 3.05) is 11.4 Å². The number of carboxylic acid groups (broad SMARTS) is 1. The smallest absolute Gasteiger partial charge is 0.411 e. The molecule has 16 heavy (non-hydrogen) atoms. The highest BCUT2D eigenvalue weighted by atomic mass is 35.5. The fraction of sp³-hybridized carbons (Fsp3) is 0.222. The van der Waals surface area contributed by atoms with E-state index < -0.39 is 6.09 Å². The lowest BCUT2D eigenvalue weighted by atomic mass is 10.3. The van der Waals surface area contributed by atoms with Gasteiger partial charge in [0, 0.05) is 12.6 Å². The van der Waals surface area contributed by atoms with Crippen molar-refractivity contribution in [2.45, 2.75) is 6.42 Å². The monoisotopic (exact) mass is 261 g/mol. The van der Waals surface area contributed by atoms with E-state index in [4.69, 9.17) is 28.3 Å². The van der Waals surface area contributed by atoms with Crippen molar-refractivity contribution in [2.24, 2.45) is 0 Å². The Balaban J connectivity index is 3.04. The Labute approximate surface area is 102 Å². The standard InChI is InChI=1S/C9H9Cl2N3O2/c1-2-3-4-14(9(15)16)6-5-7(10)12-13-8(6)11/h2,5H,1,3-4H2,(H,15,16). The third-order valence-corrected chi connectivity index (χ3v) is 2.23. The summed E-state index contributed by atoms with van der Waals surface area (Å²) < 4.78 is 0. The van der Waals surface area contributed by atoms with Crippen LogP contribution in [0.1, 0.15) is 6.42 Å². The van der Waals surface area contributed by atoms with E-state index in [1.165, 1.54) is 6.07 Å². The maximum absolute atomic E-state index is 11.0. The lowest BCUT2D eigenvalue weighted by Gasteiger charge is -2.18. The lowest BCUT2D eigenvalue weighted by Crippen LogP contribution is -2.30. The van der Waals surface area contributed by atoms with Gasteiger partial charge in [-0.25, -0.2) is 4.79 Å². The van der Waals surface area contributed by atoms with Gasteiger partial charge >= 0.3 is 6.09 Å². The number of nitrogens with zero attached hydrogens (tertiary/aromatic N) is 3. The molecule has 1 aromatic heterocycles. The Morgan fingerprint density at radius 1 is 1.56 bits per heavy atom. The van der Waals surface area contributed by atoms with Gasteiger partial charge in [-0.1, -0.05) is 29.3 Å². The summed E-state index contributed by atoms with van der Waals surface area (Å²) in [7, 11) is 0. The minimum absolute atomic E-state index is 0.00383. The second-order valence-corrected chi connectivity index (χ2v) is 3.60. The van der Waals surface area contributed by atoms with Crippen molar-refractivity contribution in [3.05, 3.63) is 29.0 Å². The van der Waals surface area contributed by atoms with Crippen LogP contribution >= 0.6 is 23.2 Å². The summed E-state index contributed by atoms with van der Waals surface area (Å²) in [5, 5.41) is 16.1. The van der Waals surface area contributed by atoms with Crippen LogP contribution in [0.2, 0.25) is 10.3 Å². The second kappa shape index (κ2) is 5.67. The molecule has 0 spiro atoms. The molecule has 0 aliphatic carbocycles. The van der Waals surface area contributed by atoms with Gasteiger partial charge in [0.25, 0.3) is 0 Å². The first-order valence-corrected chi connectivity index (χ1v) is 5.12. The van der Waals surface area contributed by atoms with Crippen LogP contribution in [-0.2, 0) is 0 Å². The number of carbonyl (C=O) groups is 1. The van der Waals surface area contributed by atoms with Crippen LogP contribution in [0.5, 0.6) is 0 Å². The van der Waals surface area contributed by atoms with Crippen LogP contribution in [0, 0.1) is 0 Å². The van der Waals surface area contributed by atoms with Gasteiger partial charge < -0.3 is 5.11 Å². The molecule has 0 fully saturated rings. The van der Waals surface area contributed by atoms with E-state index in [9.17, 15) is 4.79 Å². The minimum atomic E-state index is -1.13. The Hall–Kier alpha value is -1.33. The van der Waals surface area contributed by atoms with Crippen molar-refractivity contribution in [1.29, 1.82) is 0 Å². The first-order valence-electron chi connectivity index (χ1n) is 4.36. The Morgan fingerprint density at radius 2 is 2.25 bits per heavy atom. The van der Waals surface area contributed by atoms with Crippen molar-refractivity contribution in [3.63, 3.8) is 0 Å². The summed E-state index contributed by atoms with van der Waals surface area (Å²) >= 11 is 11.4. The van der Waals surface area contributed by atoms with E-state index in [0.29, 0.717) is 6.42 Å². The summed E-state index contributed by atoms with van der Waals surface area (Å²) in [5.74, 6) is 0. The number of amides is 1. The normalized spacial score (nSPS) is 9.88. The molecule has 1 rings (SSSR count). The minimum Gasteiger partial charge on any atom is -0.465 e. The molecule has 0 radical (unpaired) electrons. The Morgan fingerprint density at radius 3 is 2.81 bits per heavy atom. The predicted octanol–water partition coefficient (Wildman–Crippen LogP) is 2.84. The summed E-state index contributed by atoms with van der Waals surface area (Å²) in [5.41, 5.74) is 0.219. The second-order valence-electron chi connectivity index (χ2n) is 2.85. The fourth-order valence-electron chi connectivity index (χ4n) is 1.07. The van der Waals surface area contributed by atoms with Crippen LogP contribution in [-0.4, -0.2) is 27.9 Å². The third-order valence-electron chi connectivity index (χ3n) is 1.78.